The number of alkyl carbamates (subject to hydrolysis) is 1. The van der Waals surface area contributed by atoms with Crippen molar-refractivity contribution in [2.45, 2.75) is 116 Å². The van der Waals surface area contributed by atoms with Gasteiger partial charge in [-0.15, -0.1) is 0 Å². The monoisotopic (exact) mass is 652 g/mol. The first-order valence-electron chi connectivity index (χ1n) is 15.8. The largest absolute Gasteiger partial charge is 0.460 e. The predicted octanol–water partition coefficient (Wildman–Crippen LogP) is 5.57. The zero-order valence-corrected chi connectivity index (χ0v) is 28.9. The van der Waals surface area contributed by atoms with Gasteiger partial charge in [0.15, 0.2) is 0 Å². The summed E-state index contributed by atoms with van der Waals surface area (Å²) in [5.41, 5.74) is 1.64. The van der Waals surface area contributed by atoms with Crippen molar-refractivity contribution >= 4 is 29.9 Å². The molecule has 0 saturated heterocycles. The average molecular weight is 653 g/mol. The van der Waals surface area contributed by atoms with Crippen molar-refractivity contribution in [1.82, 2.24) is 10.6 Å². The van der Waals surface area contributed by atoms with E-state index in [0.717, 1.165) is 22.3 Å². The average Bonchev–Trinajstić information content (AvgIpc) is 3.24. The SMILES string of the molecule is CC(C)(C)OC(=O)CCC(NC(=O)C(CC(=O)OC(C)(C)C)NC(=O)OCC1c2ccccc2-c2ccccc21)C(=O)OC(C)(C)C. The number of nitrogens with one attached hydrogen (secondary N) is 2. The smallest absolute Gasteiger partial charge is 0.407 e. The molecular formula is C36H48N2O9. The maximum atomic E-state index is 13.6. The fraction of sp³-hybridized carbons (Fsp3) is 0.528. The minimum Gasteiger partial charge on any atom is -0.460 e. The van der Waals surface area contributed by atoms with Gasteiger partial charge in [0.1, 0.15) is 35.5 Å². The number of carbonyl (C=O) groups is 5. The Morgan fingerprint density at radius 3 is 1.66 bits per heavy atom. The van der Waals surface area contributed by atoms with E-state index in [1.54, 1.807) is 62.3 Å². The van der Waals surface area contributed by atoms with Crippen LogP contribution in [0, 0.1) is 0 Å². The van der Waals surface area contributed by atoms with Crippen molar-refractivity contribution in [2.75, 3.05) is 6.61 Å². The summed E-state index contributed by atoms with van der Waals surface area (Å²) in [5.74, 6) is -3.19. The van der Waals surface area contributed by atoms with E-state index in [-0.39, 0.29) is 25.4 Å². The Morgan fingerprint density at radius 2 is 1.15 bits per heavy atom. The van der Waals surface area contributed by atoms with Crippen LogP contribution in [0.2, 0.25) is 0 Å². The van der Waals surface area contributed by atoms with E-state index in [1.807, 2.05) is 48.5 Å². The number of benzene rings is 2. The summed E-state index contributed by atoms with van der Waals surface area (Å²) in [7, 11) is 0. The standard InChI is InChI=1S/C36H48N2O9/c1-34(2,3)45-29(39)19-18-27(32(42)47-36(7,8)9)37-31(41)28(20-30(40)46-35(4,5)6)38-33(43)44-21-26-24-16-12-10-14-22(24)23-15-11-13-17-25(23)26/h10-17,26-28H,18-21H2,1-9H3,(H,37,41)(H,38,43). The Bertz CT molecular complexity index is 1420. The molecule has 47 heavy (non-hydrogen) atoms. The van der Waals surface area contributed by atoms with Crippen LogP contribution < -0.4 is 10.6 Å². The van der Waals surface area contributed by atoms with Gasteiger partial charge in [-0.05, 0) is 91.0 Å². The Morgan fingerprint density at radius 1 is 0.660 bits per heavy atom. The molecule has 1 aliphatic rings. The summed E-state index contributed by atoms with van der Waals surface area (Å²) >= 11 is 0. The number of hydrogen-bond acceptors (Lipinski definition) is 9. The van der Waals surface area contributed by atoms with Crippen LogP contribution in [0.3, 0.4) is 0 Å². The fourth-order valence-electron chi connectivity index (χ4n) is 5.09. The van der Waals surface area contributed by atoms with Gasteiger partial charge in [-0.1, -0.05) is 48.5 Å². The minimum atomic E-state index is -1.47. The molecule has 0 saturated carbocycles. The normalized spacial score (nSPS) is 14.1. The zero-order chi connectivity index (χ0) is 35.2. The molecule has 2 atom stereocenters. The summed E-state index contributed by atoms with van der Waals surface area (Å²) in [6.07, 6.45) is -1.81. The van der Waals surface area contributed by atoms with E-state index in [1.165, 1.54) is 0 Å². The summed E-state index contributed by atoms with van der Waals surface area (Å²) < 4.78 is 21.8. The lowest BCUT2D eigenvalue weighted by atomic mass is 9.98. The molecule has 0 fully saturated rings. The van der Waals surface area contributed by atoms with E-state index >= 15 is 0 Å². The molecular weight excluding hydrogens is 604 g/mol. The van der Waals surface area contributed by atoms with Gasteiger partial charge in [-0.25, -0.2) is 9.59 Å². The van der Waals surface area contributed by atoms with Crippen LogP contribution in [-0.2, 0) is 38.1 Å². The van der Waals surface area contributed by atoms with Gasteiger partial charge in [0.05, 0.1) is 6.42 Å². The van der Waals surface area contributed by atoms with Gasteiger partial charge in [0, 0.05) is 12.3 Å². The van der Waals surface area contributed by atoms with Crippen LogP contribution in [0.5, 0.6) is 0 Å². The third kappa shape index (κ3) is 11.7. The topological polar surface area (TPSA) is 146 Å². The van der Waals surface area contributed by atoms with E-state index in [9.17, 15) is 24.0 Å². The van der Waals surface area contributed by atoms with Crippen LogP contribution >= 0.6 is 0 Å². The molecule has 11 nitrogen and oxygen atoms in total. The van der Waals surface area contributed by atoms with Crippen molar-refractivity contribution in [2.24, 2.45) is 0 Å². The molecule has 0 spiro atoms. The molecule has 0 aromatic heterocycles. The highest BCUT2D eigenvalue weighted by Gasteiger charge is 2.34. The molecule has 2 amide bonds. The maximum absolute atomic E-state index is 13.6. The van der Waals surface area contributed by atoms with Crippen LogP contribution in [0.25, 0.3) is 11.1 Å². The Balaban J connectivity index is 1.77. The van der Waals surface area contributed by atoms with Crippen LogP contribution in [-0.4, -0.2) is 65.4 Å². The lowest BCUT2D eigenvalue weighted by molar-refractivity contribution is -0.160. The van der Waals surface area contributed by atoms with Gasteiger partial charge in [0.2, 0.25) is 5.91 Å². The van der Waals surface area contributed by atoms with E-state index in [2.05, 4.69) is 10.6 Å². The zero-order valence-electron chi connectivity index (χ0n) is 28.9. The third-order valence-corrected chi connectivity index (χ3v) is 6.81. The van der Waals surface area contributed by atoms with E-state index < -0.39 is 65.2 Å². The van der Waals surface area contributed by atoms with Gasteiger partial charge >= 0.3 is 24.0 Å². The first-order valence-corrected chi connectivity index (χ1v) is 15.8. The second-order valence-corrected chi connectivity index (χ2v) is 14.5. The van der Waals surface area contributed by atoms with Crippen LogP contribution in [0.4, 0.5) is 4.79 Å². The molecule has 256 valence electrons. The first-order chi connectivity index (χ1) is 21.7. The summed E-state index contributed by atoms with van der Waals surface area (Å²) in [6, 6.07) is 13.0. The van der Waals surface area contributed by atoms with Gasteiger partial charge in [-0.2, -0.15) is 0 Å². The molecule has 1 aliphatic carbocycles. The number of rotatable bonds is 11. The molecule has 0 aliphatic heterocycles. The van der Waals surface area contributed by atoms with Crippen LogP contribution in [0.1, 0.15) is 98.6 Å². The van der Waals surface area contributed by atoms with E-state index in [0.29, 0.717) is 0 Å². The molecule has 2 aromatic rings. The third-order valence-electron chi connectivity index (χ3n) is 6.81. The van der Waals surface area contributed by atoms with Crippen molar-refractivity contribution in [1.29, 1.82) is 0 Å². The molecule has 3 rings (SSSR count). The highest BCUT2D eigenvalue weighted by Crippen LogP contribution is 2.44. The molecule has 2 unspecified atom stereocenters. The Hall–Kier alpha value is -4.41. The molecule has 2 N–H and O–H groups in total. The van der Waals surface area contributed by atoms with Crippen molar-refractivity contribution in [3.63, 3.8) is 0 Å². The molecule has 0 radical (unpaired) electrons. The lowest BCUT2D eigenvalue weighted by Crippen LogP contribution is -2.53. The highest BCUT2D eigenvalue weighted by atomic mass is 16.6. The second kappa shape index (κ2) is 15.0. The maximum Gasteiger partial charge on any atom is 0.407 e. The number of amides is 2. The Kier molecular flexibility index (Phi) is 11.8. The number of esters is 3. The van der Waals surface area contributed by atoms with Crippen molar-refractivity contribution < 1.29 is 42.9 Å². The Labute approximate surface area is 277 Å². The lowest BCUT2D eigenvalue weighted by Gasteiger charge is -2.27. The number of ether oxygens (including phenoxy) is 4. The van der Waals surface area contributed by atoms with E-state index in [4.69, 9.17) is 18.9 Å². The van der Waals surface area contributed by atoms with Crippen molar-refractivity contribution in [3.8, 4) is 11.1 Å². The summed E-state index contributed by atoms with van der Waals surface area (Å²) in [6.45, 7) is 15.2. The molecule has 0 heterocycles. The van der Waals surface area contributed by atoms with Gasteiger partial charge in [-0.3, -0.25) is 14.4 Å². The van der Waals surface area contributed by atoms with Gasteiger partial charge in [0.25, 0.3) is 0 Å². The summed E-state index contributed by atoms with van der Waals surface area (Å²) in [4.78, 5) is 65.1. The number of fused-ring (bicyclic) bond motifs is 3. The summed E-state index contributed by atoms with van der Waals surface area (Å²) in [5, 5.41) is 5.03. The molecule has 2 aromatic carbocycles. The number of carbonyl (C=O) groups excluding carboxylic acids is 5. The minimum absolute atomic E-state index is 0.0168. The quantitative estimate of drug-likeness (QED) is 0.235. The highest BCUT2D eigenvalue weighted by molar-refractivity contribution is 5.92. The second-order valence-electron chi connectivity index (χ2n) is 14.5. The first kappa shape index (κ1) is 37.1. The molecule has 11 heteroatoms. The predicted molar refractivity (Wildman–Crippen MR) is 175 cm³/mol. The van der Waals surface area contributed by atoms with Crippen molar-refractivity contribution in [3.05, 3.63) is 59.7 Å². The van der Waals surface area contributed by atoms with Crippen LogP contribution in [0.15, 0.2) is 48.5 Å². The molecule has 0 bridgehead atoms. The number of hydrogen-bond donors (Lipinski definition) is 2. The van der Waals surface area contributed by atoms with Gasteiger partial charge < -0.3 is 29.6 Å². The fourth-order valence-corrected chi connectivity index (χ4v) is 5.09.